The van der Waals surface area contributed by atoms with Crippen LogP contribution in [0.3, 0.4) is 0 Å². The summed E-state index contributed by atoms with van der Waals surface area (Å²) in [4.78, 5) is 24.1. The summed E-state index contributed by atoms with van der Waals surface area (Å²) in [6, 6.07) is 13.1. The molecule has 0 unspecified atom stereocenters. The average Bonchev–Trinajstić information content (AvgIpc) is 3.19. The molecule has 0 radical (unpaired) electrons. The van der Waals surface area contributed by atoms with Gasteiger partial charge in [-0.15, -0.1) is 10.2 Å². The normalized spacial score (nSPS) is 10.6. The van der Waals surface area contributed by atoms with E-state index in [0.29, 0.717) is 10.9 Å². The molecule has 0 aliphatic carbocycles. The van der Waals surface area contributed by atoms with E-state index in [0.717, 1.165) is 11.5 Å². The van der Waals surface area contributed by atoms with Gasteiger partial charge in [0.1, 0.15) is 11.5 Å². The molecule has 2 amide bonds. The monoisotopic (exact) mass is 355 g/mol. The Morgan fingerprint density at radius 2 is 1.88 bits per heavy atom. The van der Waals surface area contributed by atoms with Crippen LogP contribution in [0.4, 0.5) is 0 Å². The van der Waals surface area contributed by atoms with Crippen molar-refractivity contribution in [3.05, 3.63) is 60.2 Å². The van der Waals surface area contributed by atoms with Gasteiger partial charge < -0.3 is 4.57 Å². The van der Waals surface area contributed by atoms with Gasteiger partial charge in [0, 0.05) is 18.9 Å². The van der Waals surface area contributed by atoms with E-state index < -0.39 is 5.91 Å². The van der Waals surface area contributed by atoms with Crippen molar-refractivity contribution in [2.45, 2.75) is 12.1 Å². The van der Waals surface area contributed by atoms with E-state index in [1.54, 1.807) is 29.9 Å². The lowest BCUT2D eigenvalue weighted by molar-refractivity contribution is -0.117. The topological polar surface area (TPSA) is 81.8 Å². The van der Waals surface area contributed by atoms with Crippen LogP contribution in [0.25, 0.3) is 5.69 Å². The summed E-state index contributed by atoms with van der Waals surface area (Å²) in [5.74, 6) is 0.00507. The predicted octanol–water partition coefficient (Wildman–Crippen LogP) is 1.96. The number of hydrogen-bond acceptors (Lipinski definition) is 5. The molecule has 0 fully saturated rings. The van der Waals surface area contributed by atoms with Gasteiger partial charge >= 0.3 is 0 Å². The summed E-state index contributed by atoms with van der Waals surface area (Å²) >= 11 is 1.23. The van der Waals surface area contributed by atoms with Crippen molar-refractivity contribution in [1.82, 2.24) is 24.6 Å². The van der Waals surface area contributed by atoms with E-state index in [9.17, 15) is 9.59 Å². The standard InChI is InChI=1S/C17H17N5O2S/c1-12-19-20-17(22(12)13-7-4-3-5-8-13)25-11-15(23)18-16(24)14-9-6-10-21(14)2/h3-10H,11H2,1-2H3,(H,18,23,24). The molecule has 0 spiro atoms. The maximum absolute atomic E-state index is 12.1. The third-order valence-corrected chi connectivity index (χ3v) is 4.50. The Labute approximate surface area is 149 Å². The highest BCUT2D eigenvalue weighted by atomic mass is 32.2. The number of aromatic nitrogens is 4. The van der Waals surface area contributed by atoms with Gasteiger partial charge in [-0.05, 0) is 31.2 Å². The lowest BCUT2D eigenvalue weighted by atomic mass is 10.3. The number of benzene rings is 1. The van der Waals surface area contributed by atoms with E-state index in [1.807, 2.05) is 41.8 Å². The van der Waals surface area contributed by atoms with Crippen LogP contribution in [0, 0.1) is 6.92 Å². The molecule has 0 saturated carbocycles. The molecule has 1 aromatic carbocycles. The van der Waals surface area contributed by atoms with Crippen LogP contribution in [-0.2, 0) is 11.8 Å². The van der Waals surface area contributed by atoms with E-state index >= 15 is 0 Å². The maximum atomic E-state index is 12.1. The maximum Gasteiger partial charge on any atom is 0.274 e. The van der Waals surface area contributed by atoms with Crippen molar-refractivity contribution in [3.63, 3.8) is 0 Å². The molecule has 0 atom stereocenters. The fourth-order valence-corrected chi connectivity index (χ4v) is 3.16. The third-order valence-electron chi connectivity index (χ3n) is 3.57. The van der Waals surface area contributed by atoms with Crippen LogP contribution in [-0.4, -0.2) is 36.9 Å². The van der Waals surface area contributed by atoms with Gasteiger partial charge in [-0.2, -0.15) is 0 Å². The zero-order chi connectivity index (χ0) is 17.8. The molecule has 3 aromatic rings. The molecule has 3 rings (SSSR count). The molecule has 128 valence electrons. The van der Waals surface area contributed by atoms with Crippen molar-refractivity contribution >= 4 is 23.6 Å². The number of nitrogens with zero attached hydrogens (tertiary/aromatic N) is 4. The lowest BCUT2D eigenvalue weighted by Crippen LogP contribution is -2.33. The van der Waals surface area contributed by atoms with Crippen LogP contribution in [0.5, 0.6) is 0 Å². The van der Waals surface area contributed by atoms with Gasteiger partial charge in [0.2, 0.25) is 5.91 Å². The molecule has 25 heavy (non-hydrogen) atoms. The summed E-state index contributed by atoms with van der Waals surface area (Å²) in [5, 5.41) is 11.2. The molecule has 7 nitrogen and oxygen atoms in total. The van der Waals surface area contributed by atoms with Gasteiger partial charge in [-0.1, -0.05) is 30.0 Å². The van der Waals surface area contributed by atoms with Gasteiger partial charge in [-0.3, -0.25) is 19.5 Å². The Kier molecular flexibility index (Phi) is 4.99. The van der Waals surface area contributed by atoms with Gasteiger partial charge in [-0.25, -0.2) is 0 Å². The molecule has 0 saturated heterocycles. The first kappa shape index (κ1) is 17.0. The summed E-state index contributed by atoms with van der Waals surface area (Å²) in [6.07, 6.45) is 1.75. The van der Waals surface area contributed by atoms with Crippen LogP contribution in [0.15, 0.2) is 53.8 Å². The van der Waals surface area contributed by atoms with Crippen molar-refractivity contribution < 1.29 is 9.59 Å². The second-order valence-corrected chi connectivity index (χ2v) is 6.31. The Hall–Kier alpha value is -2.87. The van der Waals surface area contributed by atoms with E-state index in [4.69, 9.17) is 0 Å². The average molecular weight is 355 g/mol. The van der Waals surface area contributed by atoms with Crippen LogP contribution < -0.4 is 5.32 Å². The molecule has 2 aromatic heterocycles. The van der Waals surface area contributed by atoms with Gasteiger partial charge in [0.15, 0.2) is 5.16 Å². The first-order chi connectivity index (χ1) is 12.1. The second kappa shape index (κ2) is 7.35. The number of nitrogens with one attached hydrogen (secondary N) is 1. The fraction of sp³-hybridized carbons (Fsp3) is 0.176. The molecule has 1 N–H and O–H groups in total. The SMILES string of the molecule is Cc1nnc(SCC(=O)NC(=O)c2cccn2C)n1-c1ccccc1. The Morgan fingerprint density at radius 1 is 1.12 bits per heavy atom. The minimum absolute atomic E-state index is 0.0706. The minimum Gasteiger partial charge on any atom is -0.347 e. The molecular formula is C17H17N5O2S. The number of rotatable bonds is 5. The molecular weight excluding hydrogens is 338 g/mol. The Balaban J connectivity index is 1.65. The summed E-state index contributed by atoms with van der Waals surface area (Å²) in [7, 11) is 1.75. The number of carbonyl (C=O) groups is 2. The lowest BCUT2D eigenvalue weighted by Gasteiger charge is -2.08. The Bertz CT molecular complexity index is 901. The van der Waals surface area contributed by atoms with Gasteiger partial charge in [0.25, 0.3) is 5.91 Å². The van der Waals surface area contributed by atoms with Crippen LogP contribution in [0.2, 0.25) is 0 Å². The molecule has 2 heterocycles. The number of carbonyl (C=O) groups excluding carboxylic acids is 2. The van der Waals surface area contributed by atoms with Crippen molar-refractivity contribution in [3.8, 4) is 5.69 Å². The van der Waals surface area contributed by atoms with Gasteiger partial charge in [0.05, 0.1) is 5.75 Å². The minimum atomic E-state index is -0.418. The first-order valence-corrected chi connectivity index (χ1v) is 8.60. The quantitative estimate of drug-likeness (QED) is 0.708. The van der Waals surface area contributed by atoms with E-state index in [2.05, 4.69) is 15.5 Å². The van der Waals surface area contributed by atoms with Crippen molar-refractivity contribution in [2.75, 3.05) is 5.75 Å². The largest absolute Gasteiger partial charge is 0.347 e. The Morgan fingerprint density at radius 3 is 2.56 bits per heavy atom. The molecule has 0 aliphatic rings. The van der Waals surface area contributed by atoms with Crippen molar-refractivity contribution in [1.29, 1.82) is 0 Å². The number of thioether (sulfide) groups is 1. The molecule has 8 heteroatoms. The number of para-hydroxylation sites is 1. The summed E-state index contributed by atoms with van der Waals surface area (Å²) < 4.78 is 3.53. The first-order valence-electron chi connectivity index (χ1n) is 7.62. The summed E-state index contributed by atoms with van der Waals surface area (Å²) in [6.45, 7) is 1.85. The number of hydrogen-bond donors (Lipinski definition) is 1. The highest BCUT2D eigenvalue weighted by Crippen LogP contribution is 2.21. The van der Waals surface area contributed by atoms with E-state index in [1.165, 1.54) is 11.8 Å². The smallest absolute Gasteiger partial charge is 0.274 e. The zero-order valence-corrected chi connectivity index (χ0v) is 14.7. The number of imide groups is 1. The molecule has 0 bridgehead atoms. The van der Waals surface area contributed by atoms with E-state index in [-0.39, 0.29) is 11.7 Å². The fourth-order valence-electron chi connectivity index (χ4n) is 2.36. The summed E-state index contributed by atoms with van der Waals surface area (Å²) in [5.41, 5.74) is 1.36. The zero-order valence-electron chi connectivity index (χ0n) is 13.8. The highest BCUT2D eigenvalue weighted by Gasteiger charge is 2.16. The molecule has 0 aliphatic heterocycles. The third kappa shape index (κ3) is 3.80. The van der Waals surface area contributed by atoms with Crippen molar-refractivity contribution in [2.24, 2.45) is 7.05 Å². The van der Waals surface area contributed by atoms with Crippen LogP contribution in [0.1, 0.15) is 16.3 Å². The van der Waals surface area contributed by atoms with Crippen LogP contribution >= 0.6 is 11.8 Å². The second-order valence-electron chi connectivity index (χ2n) is 5.37. The number of aryl methyl sites for hydroxylation is 2. The predicted molar refractivity (Wildman–Crippen MR) is 94.7 cm³/mol. The highest BCUT2D eigenvalue weighted by molar-refractivity contribution is 7.99. The number of amides is 2.